The predicted molar refractivity (Wildman–Crippen MR) is 102 cm³/mol. The van der Waals surface area contributed by atoms with Crippen LogP contribution in [0.4, 0.5) is 0 Å². The van der Waals surface area contributed by atoms with Crippen molar-refractivity contribution in [1.29, 1.82) is 0 Å². The molecule has 0 saturated heterocycles. The molecule has 0 saturated carbocycles. The van der Waals surface area contributed by atoms with E-state index in [4.69, 9.17) is 0 Å². The molecule has 0 bridgehead atoms. The van der Waals surface area contributed by atoms with Gasteiger partial charge in [0.25, 0.3) is 0 Å². The zero-order chi connectivity index (χ0) is 16.4. The highest BCUT2D eigenvalue weighted by Gasteiger charge is 2.16. The Morgan fingerprint density at radius 2 is 1.79 bits per heavy atom. The Hall–Kier alpha value is -2.32. The van der Waals surface area contributed by atoms with Crippen molar-refractivity contribution in [2.45, 2.75) is 26.3 Å². The van der Waals surface area contributed by atoms with Crippen LogP contribution in [0.1, 0.15) is 30.0 Å². The van der Waals surface area contributed by atoms with Crippen molar-refractivity contribution in [3.05, 3.63) is 77.5 Å². The summed E-state index contributed by atoms with van der Waals surface area (Å²) in [6, 6.07) is 17.4. The minimum absolute atomic E-state index is 1.03. The van der Waals surface area contributed by atoms with E-state index in [2.05, 4.69) is 77.6 Å². The van der Waals surface area contributed by atoms with E-state index in [1.165, 1.54) is 33.2 Å². The molecule has 0 radical (unpaired) electrons. The Morgan fingerprint density at radius 1 is 1.00 bits per heavy atom. The van der Waals surface area contributed by atoms with Crippen LogP contribution in [0, 0.1) is 0 Å². The molecule has 0 unspecified atom stereocenters. The van der Waals surface area contributed by atoms with Crippen molar-refractivity contribution in [2.75, 3.05) is 13.1 Å². The van der Waals surface area contributed by atoms with Crippen molar-refractivity contribution in [1.82, 2.24) is 9.88 Å². The second kappa shape index (κ2) is 6.66. The molecule has 122 valence electrons. The molecule has 3 aromatic rings. The van der Waals surface area contributed by atoms with Crippen molar-refractivity contribution in [3.63, 3.8) is 0 Å². The summed E-state index contributed by atoms with van der Waals surface area (Å²) in [7, 11) is 0. The molecule has 2 aromatic carbocycles. The van der Waals surface area contributed by atoms with Crippen LogP contribution in [0.3, 0.4) is 0 Å². The summed E-state index contributed by atoms with van der Waals surface area (Å²) >= 11 is 0. The van der Waals surface area contributed by atoms with E-state index in [1.54, 1.807) is 0 Å². The summed E-state index contributed by atoms with van der Waals surface area (Å²) in [4.78, 5) is 5.95. The Balaban J connectivity index is 1.51. The molecule has 0 fully saturated rings. The summed E-state index contributed by atoms with van der Waals surface area (Å²) in [5.41, 5.74) is 7.03. The molecule has 4 rings (SSSR count). The van der Waals surface area contributed by atoms with E-state index in [0.29, 0.717) is 0 Å². The maximum absolute atomic E-state index is 3.40. The fraction of sp³-hybridized carbons (Fsp3) is 0.273. The van der Waals surface area contributed by atoms with Crippen molar-refractivity contribution < 1.29 is 0 Å². The highest BCUT2D eigenvalue weighted by Crippen LogP contribution is 2.29. The van der Waals surface area contributed by atoms with E-state index in [9.17, 15) is 0 Å². The fourth-order valence-corrected chi connectivity index (χ4v) is 3.73. The van der Waals surface area contributed by atoms with Crippen LogP contribution in [-0.2, 0) is 13.0 Å². The van der Waals surface area contributed by atoms with Gasteiger partial charge < -0.3 is 4.98 Å². The molecule has 1 N–H and O–H groups in total. The van der Waals surface area contributed by atoms with Crippen molar-refractivity contribution in [2.24, 2.45) is 0 Å². The van der Waals surface area contributed by atoms with E-state index in [-0.39, 0.29) is 0 Å². The van der Waals surface area contributed by atoms with Gasteiger partial charge in [-0.2, -0.15) is 0 Å². The molecule has 1 aliphatic rings. The summed E-state index contributed by atoms with van der Waals surface area (Å²) in [5.74, 6) is 0. The molecule has 0 atom stereocenters. The topological polar surface area (TPSA) is 19.0 Å². The molecule has 1 aromatic heterocycles. The fourth-order valence-electron chi connectivity index (χ4n) is 3.73. The van der Waals surface area contributed by atoms with Gasteiger partial charge in [-0.25, -0.2) is 0 Å². The zero-order valence-corrected chi connectivity index (χ0v) is 14.3. The molecule has 0 amide bonds. The normalized spacial score (nSPS) is 15.6. The molecule has 1 aliphatic heterocycles. The van der Waals surface area contributed by atoms with Gasteiger partial charge in [0.1, 0.15) is 0 Å². The van der Waals surface area contributed by atoms with Crippen molar-refractivity contribution >= 4 is 16.5 Å². The molecule has 24 heavy (non-hydrogen) atoms. The second-order valence-corrected chi connectivity index (χ2v) is 6.58. The molecule has 2 heterocycles. The van der Waals surface area contributed by atoms with E-state index in [0.717, 1.165) is 32.5 Å². The van der Waals surface area contributed by atoms with Crippen LogP contribution in [-0.4, -0.2) is 23.0 Å². The Labute approximate surface area is 143 Å². The van der Waals surface area contributed by atoms with Gasteiger partial charge in [0.05, 0.1) is 0 Å². The molecular weight excluding hydrogens is 292 g/mol. The van der Waals surface area contributed by atoms with E-state index >= 15 is 0 Å². The maximum Gasteiger partial charge on any atom is 0.0460 e. The maximum atomic E-state index is 3.40. The number of nitrogens with zero attached hydrogens (tertiary/aromatic N) is 1. The molecule has 0 aliphatic carbocycles. The lowest BCUT2D eigenvalue weighted by atomic mass is 9.98. The lowest BCUT2D eigenvalue weighted by Crippen LogP contribution is -2.28. The first-order chi connectivity index (χ1) is 11.8. The number of H-pyrrole nitrogens is 1. The van der Waals surface area contributed by atoms with Gasteiger partial charge in [0, 0.05) is 42.3 Å². The number of fused-ring (bicyclic) bond motifs is 1. The Morgan fingerprint density at radius 3 is 2.58 bits per heavy atom. The van der Waals surface area contributed by atoms with Crippen LogP contribution in [0.2, 0.25) is 0 Å². The number of aromatic nitrogens is 1. The standard InChI is InChI=1S/C22H24N2/c1-2-17-7-3-4-8-19(17)16-24-13-11-18(12-14-24)21-15-23-22-10-6-5-9-20(21)22/h3-11,15,23H,2,12-14,16H2,1H3. The van der Waals surface area contributed by atoms with E-state index in [1.807, 2.05) is 0 Å². The van der Waals surface area contributed by atoms with Crippen LogP contribution < -0.4 is 0 Å². The third-order valence-corrected chi connectivity index (χ3v) is 5.12. The van der Waals surface area contributed by atoms with Gasteiger partial charge in [0.15, 0.2) is 0 Å². The van der Waals surface area contributed by atoms with Crippen LogP contribution in [0.15, 0.2) is 60.8 Å². The first kappa shape index (κ1) is 15.2. The number of hydrogen-bond acceptors (Lipinski definition) is 1. The number of aromatic amines is 1. The average Bonchev–Trinajstić information content (AvgIpc) is 3.07. The number of benzene rings is 2. The first-order valence-electron chi connectivity index (χ1n) is 8.90. The third kappa shape index (κ3) is 2.90. The number of nitrogens with one attached hydrogen (secondary N) is 1. The van der Waals surface area contributed by atoms with Gasteiger partial charge in [-0.1, -0.05) is 55.5 Å². The Kier molecular flexibility index (Phi) is 4.22. The predicted octanol–water partition coefficient (Wildman–Crippen LogP) is 5.02. The van der Waals surface area contributed by atoms with Gasteiger partial charge in [-0.15, -0.1) is 0 Å². The minimum Gasteiger partial charge on any atom is -0.361 e. The largest absolute Gasteiger partial charge is 0.361 e. The van der Waals surface area contributed by atoms with Crippen LogP contribution in [0.5, 0.6) is 0 Å². The van der Waals surface area contributed by atoms with Gasteiger partial charge in [0.2, 0.25) is 0 Å². The van der Waals surface area contributed by atoms with E-state index < -0.39 is 0 Å². The van der Waals surface area contributed by atoms with Crippen LogP contribution >= 0.6 is 0 Å². The number of rotatable bonds is 4. The molecular formula is C22H24N2. The zero-order valence-electron chi connectivity index (χ0n) is 14.3. The summed E-state index contributed by atoms with van der Waals surface area (Å²) in [5, 5.41) is 1.34. The summed E-state index contributed by atoms with van der Waals surface area (Å²) in [6.07, 6.45) is 6.81. The number of hydrogen-bond donors (Lipinski definition) is 1. The highest BCUT2D eigenvalue weighted by molar-refractivity contribution is 5.92. The quantitative estimate of drug-likeness (QED) is 0.716. The van der Waals surface area contributed by atoms with Gasteiger partial charge in [-0.3, -0.25) is 4.90 Å². The highest BCUT2D eigenvalue weighted by atomic mass is 15.1. The number of para-hydroxylation sites is 1. The first-order valence-corrected chi connectivity index (χ1v) is 8.90. The Bertz CT molecular complexity index is 872. The number of aryl methyl sites for hydroxylation is 1. The monoisotopic (exact) mass is 316 g/mol. The average molecular weight is 316 g/mol. The smallest absolute Gasteiger partial charge is 0.0460 e. The molecule has 2 nitrogen and oxygen atoms in total. The third-order valence-electron chi connectivity index (χ3n) is 5.12. The van der Waals surface area contributed by atoms with Crippen molar-refractivity contribution in [3.8, 4) is 0 Å². The summed E-state index contributed by atoms with van der Waals surface area (Å²) < 4.78 is 0. The lowest BCUT2D eigenvalue weighted by molar-refractivity contribution is 0.293. The second-order valence-electron chi connectivity index (χ2n) is 6.58. The van der Waals surface area contributed by atoms with Crippen LogP contribution in [0.25, 0.3) is 16.5 Å². The SMILES string of the molecule is CCc1ccccc1CN1CC=C(c2c[nH]c3ccccc23)CC1. The van der Waals surface area contributed by atoms with Gasteiger partial charge in [-0.05, 0) is 35.6 Å². The van der Waals surface area contributed by atoms with Gasteiger partial charge >= 0.3 is 0 Å². The summed E-state index contributed by atoms with van der Waals surface area (Å²) in [6.45, 7) is 5.46. The molecule has 2 heteroatoms. The molecule has 0 spiro atoms. The lowest BCUT2D eigenvalue weighted by Gasteiger charge is -2.27. The minimum atomic E-state index is 1.03.